The molecular formula is C4H5NO. The Bertz CT molecular complexity index is 144. The van der Waals surface area contributed by atoms with Crippen LogP contribution in [0.5, 0.6) is 0 Å². The fourth-order valence-electron chi connectivity index (χ4n) is 0.243. The van der Waals surface area contributed by atoms with Crippen molar-refractivity contribution < 1.29 is 5.79 Å². The molecule has 0 N–H and O–H groups in total. The average Bonchev–Trinajstić information content (AvgIpc) is 1.91. The molecule has 0 aliphatic carbocycles. The summed E-state index contributed by atoms with van der Waals surface area (Å²) in [7, 11) is 0. The van der Waals surface area contributed by atoms with E-state index in [1.165, 1.54) is 6.39 Å². The van der Waals surface area contributed by atoms with Crippen molar-refractivity contribution in [3.05, 3.63) is 18.3 Å². The minimum atomic E-state index is 0.153. The zero-order valence-electron chi connectivity index (χ0n) is 4.43. The number of aryl methyl sites for hydroxylation is 1. The third kappa shape index (κ3) is 0.407. The predicted molar refractivity (Wildman–Crippen MR) is 21.2 cm³/mol. The minimum absolute atomic E-state index is 0.153. The third-order valence-corrected chi connectivity index (χ3v) is 0.506. The zero-order valence-corrected chi connectivity index (χ0v) is 3.43. The maximum atomic E-state index is 6.87. The van der Waals surface area contributed by atoms with Gasteiger partial charge in [-0.1, -0.05) is 0 Å². The standard InChI is InChI=1S/C4H5NO/c1-4-2-6-3-5-4/h2-3H,1H3/i2D. The summed E-state index contributed by atoms with van der Waals surface area (Å²) >= 11 is 0. The van der Waals surface area contributed by atoms with Crippen molar-refractivity contribution in [2.24, 2.45) is 0 Å². The van der Waals surface area contributed by atoms with Crippen LogP contribution in [0, 0.1) is 6.92 Å². The van der Waals surface area contributed by atoms with Crippen LogP contribution in [0.2, 0.25) is 0 Å². The largest absolute Gasteiger partial charge is 0.452 e. The van der Waals surface area contributed by atoms with Gasteiger partial charge in [-0.15, -0.1) is 0 Å². The van der Waals surface area contributed by atoms with E-state index in [9.17, 15) is 0 Å². The Morgan fingerprint density at radius 3 is 3.17 bits per heavy atom. The number of rotatable bonds is 0. The average molecular weight is 84.1 g/mol. The summed E-state index contributed by atoms with van der Waals surface area (Å²) in [6.07, 6.45) is 1.41. The maximum absolute atomic E-state index is 6.87. The van der Waals surface area contributed by atoms with Crippen molar-refractivity contribution in [3.8, 4) is 0 Å². The molecule has 32 valence electrons. The third-order valence-electron chi connectivity index (χ3n) is 0.506. The highest BCUT2D eigenvalue weighted by Crippen LogP contribution is 1.86. The molecule has 0 spiro atoms. The van der Waals surface area contributed by atoms with Gasteiger partial charge in [0, 0.05) is 0 Å². The molecule has 0 unspecified atom stereocenters. The number of aromatic nitrogens is 1. The van der Waals surface area contributed by atoms with Gasteiger partial charge in [0.2, 0.25) is 0 Å². The van der Waals surface area contributed by atoms with Gasteiger partial charge in [-0.3, -0.25) is 0 Å². The molecule has 0 aliphatic rings. The van der Waals surface area contributed by atoms with Crippen LogP contribution in [0.1, 0.15) is 7.06 Å². The van der Waals surface area contributed by atoms with Crippen LogP contribution in [0.4, 0.5) is 0 Å². The Hall–Kier alpha value is -0.790. The van der Waals surface area contributed by atoms with Gasteiger partial charge in [0.1, 0.15) is 7.61 Å². The Balaban J connectivity index is 3.12. The molecule has 2 nitrogen and oxygen atoms in total. The van der Waals surface area contributed by atoms with Gasteiger partial charge in [0.15, 0.2) is 6.39 Å². The van der Waals surface area contributed by atoms with Crippen LogP contribution in [0.3, 0.4) is 0 Å². The van der Waals surface area contributed by atoms with E-state index in [4.69, 9.17) is 1.37 Å². The Kier molecular flexibility index (Phi) is 0.449. The quantitative estimate of drug-likeness (QED) is 0.468. The van der Waals surface area contributed by atoms with Crippen molar-refractivity contribution in [2.45, 2.75) is 6.92 Å². The van der Waals surface area contributed by atoms with E-state index < -0.39 is 0 Å². The Morgan fingerprint density at radius 2 is 3.00 bits per heavy atom. The SMILES string of the molecule is [2H]c1ocnc1C. The highest BCUT2D eigenvalue weighted by molar-refractivity contribution is 4.83. The van der Waals surface area contributed by atoms with Crippen LogP contribution < -0.4 is 0 Å². The smallest absolute Gasteiger partial charge is 0.180 e. The van der Waals surface area contributed by atoms with Crippen LogP contribution in [-0.4, -0.2) is 4.98 Å². The highest BCUT2D eigenvalue weighted by Gasteiger charge is 1.77. The van der Waals surface area contributed by atoms with Gasteiger partial charge in [0.05, 0.1) is 5.69 Å². The van der Waals surface area contributed by atoms with E-state index in [1.807, 2.05) is 0 Å². The van der Waals surface area contributed by atoms with E-state index >= 15 is 0 Å². The van der Waals surface area contributed by atoms with Crippen molar-refractivity contribution in [3.63, 3.8) is 0 Å². The molecule has 0 radical (unpaired) electrons. The van der Waals surface area contributed by atoms with Gasteiger partial charge in [-0.05, 0) is 6.92 Å². The molecule has 0 saturated heterocycles. The van der Waals surface area contributed by atoms with Gasteiger partial charge in [0.25, 0.3) is 0 Å². The monoisotopic (exact) mass is 84.0 g/mol. The molecule has 1 heterocycles. The first-order valence-corrected chi connectivity index (χ1v) is 1.67. The second-order valence-electron chi connectivity index (χ2n) is 1.04. The second kappa shape index (κ2) is 1.12. The van der Waals surface area contributed by atoms with E-state index in [0.717, 1.165) is 0 Å². The molecule has 0 saturated carbocycles. The van der Waals surface area contributed by atoms with Crippen molar-refractivity contribution in [2.75, 3.05) is 0 Å². The first-order chi connectivity index (χ1) is 3.30. The number of nitrogens with zero attached hydrogens (tertiary/aromatic N) is 1. The van der Waals surface area contributed by atoms with Crippen LogP contribution in [-0.2, 0) is 0 Å². The molecule has 6 heavy (non-hydrogen) atoms. The van der Waals surface area contributed by atoms with Gasteiger partial charge in [-0.2, -0.15) is 0 Å². The molecule has 1 rings (SSSR count). The summed E-state index contributed by atoms with van der Waals surface area (Å²) in [5, 5.41) is 0. The van der Waals surface area contributed by atoms with Crippen LogP contribution >= 0.6 is 0 Å². The fourth-order valence-corrected chi connectivity index (χ4v) is 0.243. The Morgan fingerprint density at radius 1 is 2.17 bits per heavy atom. The lowest BCUT2D eigenvalue weighted by Gasteiger charge is -1.62. The number of hydrogen-bond donors (Lipinski definition) is 0. The van der Waals surface area contributed by atoms with Gasteiger partial charge in [-0.25, -0.2) is 4.98 Å². The first kappa shape index (κ1) is 2.39. The molecule has 0 aromatic carbocycles. The summed E-state index contributed by atoms with van der Waals surface area (Å²) in [5.41, 5.74) is 0.639. The van der Waals surface area contributed by atoms with E-state index in [2.05, 4.69) is 9.40 Å². The summed E-state index contributed by atoms with van der Waals surface area (Å²) in [6.45, 7) is 1.73. The lowest BCUT2D eigenvalue weighted by Crippen LogP contribution is -1.59. The van der Waals surface area contributed by atoms with E-state index in [-0.39, 0.29) is 6.24 Å². The topological polar surface area (TPSA) is 26.0 Å². The van der Waals surface area contributed by atoms with E-state index in [1.54, 1.807) is 6.92 Å². The summed E-state index contributed by atoms with van der Waals surface area (Å²) < 4.78 is 11.4. The second-order valence-corrected chi connectivity index (χ2v) is 1.04. The van der Waals surface area contributed by atoms with Crippen LogP contribution in [0.15, 0.2) is 17.1 Å². The van der Waals surface area contributed by atoms with Gasteiger partial charge < -0.3 is 4.42 Å². The maximum Gasteiger partial charge on any atom is 0.180 e. The molecule has 2 heteroatoms. The lowest BCUT2D eigenvalue weighted by atomic mass is 10.6. The van der Waals surface area contributed by atoms with Crippen molar-refractivity contribution in [1.29, 1.82) is 0 Å². The predicted octanol–water partition coefficient (Wildman–Crippen LogP) is 0.983. The molecule has 0 amide bonds. The molecular weight excluding hydrogens is 78.0 g/mol. The number of oxazole rings is 1. The lowest BCUT2D eigenvalue weighted by molar-refractivity contribution is 0.557. The number of hydrogen-bond acceptors (Lipinski definition) is 2. The van der Waals surface area contributed by atoms with Gasteiger partial charge >= 0.3 is 0 Å². The molecule has 0 aliphatic heterocycles. The minimum Gasteiger partial charge on any atom is -0.452 e. The van der Waals surface area contributed by atoms with Crippen molar-refractivity contribution in [1.82, 2.24) is 4.98 Å². The van der Waals surface area contributed by atoms with Crippen molar-refractivity contribution >= 4 is 0 Å². The first-order valence-electron chi connectivity index (χ1n) is 2.17. The van der Waals surface area contributed by atoms with E-state index in [0.29, 0.717) is 5.69 Å². The fraction of sp³-hybridized carbons (Fsp3) is 0.250. The molecule has 0 fully saturated rings. The summed E-state index contributed by atoms with van der Waals surface area (Å²) in [6, 6.07) is 0. The molecule has 1 aromatic heterocycles. The zero-order chi connectivity index (χ0) is 5.28. The molecule has 1 aromatic rings. The summed E-state index contributed by atoms with van der Waals surface area (Å²) in [4.78, 5) is 3.66. The normalized spacial score (nSPS) is 11.2. The molecule has 0 bridgehead atoms. The Labute approximate surface area is 37.2 Å². The molecule has 0 atom stereocenters. The summed E-state index contributed by atoms with van der Waals surface area (Å²) in [5.74, 6) is 0. The van der Waals surface area contributed by atoms with Crippen LogP contribution in [0.25, 0.3) is 0 Å². The highest BCUT2D eigenvalue weighted by atomic mass is 16.3.